The van der Waals surface area contributed by atoms with Gasteiger partial charge >= 0.3 is 0 Å². The molecule has 24 heavy (non-hydrogen) atoms. The van der Waals surface area contributed by atoms with Crippen LogP contribution in [0.1, 0.15) is 12.0 Å². The van der Waals surface area contributed by atoms with E-state index in [1.54, 1.807) is 13.3 Å². The van der Waals surface area contributed by atoms with Gasteiger partial charge in [0, 0.05) is 34.6 Å². The summed E-state index contributed by atoms with van der Waals surface area (Å²) in [7, 11) is 3.73. The lowest BCUT2D eigenvalue weighted by Crippen LogP contribution is -2.08. The van der Waals surface area contributed by atoms with E-state index in [1.165, 1.54) is 17.4 Å². The number of fused-ring (bicyclic) bond motifs is 1. The van der Waals surface area contributed by atoms with Crippen LogP contribution in [0.5, 0.6) is 5.75 Å². The maximum absolute atomic E-state index is 5.61. The van der Waals surface area contributed by atoms with Gasteiger partial charge in [-0.3, -0.25) is 4.98 Å². The fourth-order valence-electron chi connectivity index (χ4n) is 2.88. The summed E-state index contributed by atoms with van der Waals surface area (Å²) in [5, 5.41) is 4.38. The molecule has 0 aliphatic rings. The van der Waals surface area contributed by atoms with Gasteiger partial charge in [-0.2, -0.15) is 11.8 Å². The van der Waals surface area contributed by atoms with E-state index in [0.29, 0.717) is 0 Å². The van der Waals surface area contributed by atoms with Gasteiger partial charge in [-0.05, 0) is 55.6 Å². The molecule has 5 heteroatoms. The van der Waals surface area contributed by atoms with Crippen LogP contribution in [-0.4, -0.2) is 36.4 Å². The molecule has 2 N–H and O–H groups in total. The molecule has 2 heterocycles. The molecule has 0 saturated carbocycles. The summed E-state index contributed by atoms with van der Waals surface area (Å²) in [5.41, 5.74) is 4.66. The molecule has 0 unspecified atom stereocenters. The Balaban J connectivity index is 1.98. The molecular weight excluding hydrogens is 318 g/mol. The van der Waals surface area contributed by atoms with Crippen LogP contribution in [0, 0.1) is 0 Å². The van der Waals surface area contributed by atoms with Crippen molar-refractivity contribution >= 4 is 22.7 Å². The maximum Gasteiger partial charge on any atom is 0.128 e. The summed E-state index contributed by atoms with van der Waals surface area (Å²) >= 11 is 1.96. The number of methoxy groups -OCH3 is 1. The summed E-state index contributed by atoms with van der Waals surface area (Å²) in [4.78, 5) is 7.83. The van der Waals surface area contributed by atoms with Gasteiger partial charge in [0.1, 0.15) is 5.75 Å². The lowest BCUT2D eigenvalue weighted by Gasteiger charge is -2.07. The minimum atomic E-state index is 0.921. The molecule has 0 aliphatic heterocycles. The van der Waals surface area contributed by atoms with Crippen molar-refractivity contribution in [2.75, 3.05) is 26.5 Å². The van der Waals surface area contributed by atoms with E-state index < -0.39 is 0 Å². The second kappa shape index (κ2) is 8.22. The number of nitrogens with zero attached hydrogens (tertiary/aromatic N) is 1. The first kappa shape index (κ1) is 16.9. The number of ether oxygens (including phenoxy) is 1. The smallest absolute Gasteiger partial charge is 0.128 e. The van der Waals surface area contributed by atoms with Crippen LogP contribution in [-0.2, 0) is 5.75 Å². The lowest BCUT2D eigenvalue weighted by molar-refractivity contribution is 0.419. The summed E-state index contributed by atoms with van der Waals surface area (Å²) in [5.74, 6) is 3.01. The van der Waals surface area contributed by atoms with Crippen molar-refractivity contribution in [3.63, 3.8) is 0 Å². The molecule has 0 amide bonds. The van der Waals surface area contributed by atoms with Crippen molar-refractivity contribution < 1.29 is 4.74 Å². The molecule has 0 radical (unpaired) electrons. The van der Waals surface area contributed by atoms with Gasteiger partial charge in [0.15, 0.2) is 0 Å². The molecule has 3 rings (SSSR count). The number of H-pyrrole nitrogens is 1. The van der Waals surface area contributed by atoms with E-state index in [9.17, 15) is 0 Å². The van der Waals surface area contributed by atoms with Gasteiger partial charge in [-0.1, -0.05) is 6.07 Å². The zero-order valence-electron chi connectivity index (χ0n) is 14.1. The molecule has 0 fully saturated rings. The average molecular weight is 341 g/mol. The fourth-order valence-corrected chi connectivity index (χ4v) is 3.86. The summed E-state index contributed by atoms with van der Waals surface area (Å²) < 4.78 is 5.61. The zero-order valence-corrected chi connectivity index (χ0v) is 15.0. The highest BCUT2D eigenvalue weighted by Gasteiger charge is 2.16. The van der Waals surface area contributed by atoms with E-state index >= 15 is 0 Å². The first-order valence-corrected chi connectivity index (χ1v) is 9.31. The predicted octanol–water partition coefficient (Wildman–Crippen LogP) is 4.08. The van der Waals surface area contributed by atoms with E-state index in [1.807, 2.05) is 43.2 Å². The highest BCUT2D eigenvalue weighted by Crippen LogP contribution is 2.37. The topological polar surface area (TPSA) is 49.9 Å². The third-order valence-corrected chi connectivity index (χ3v) is 5.09. The fraction of sp³-hybridized carbons (Fsp3) is 0.316. The second-order valence-corrected chi connectivity index (χ2v) is 6.72. The molecule has 126 valence electrons. The van der Waals surface area contributed by atoms with E-state index in [-0.39, 0.29) is 0 Å². The van der Waals surface area contributed by atoms with E-state index in [0.717, 1.165) is 40.6 Å². The Kier molecular flexibility index (Phi) is 5.77. The van der Waals surface area contributed by atoms with Crippen molar-refractivity contribution in [1.29, 1.82) is 0 Å². The van der Waals surface area contributed by atoms with Gasteiger partial charge in [0.05, 0.1) is 12.8 Å². The summed E-state index contributed by atoms with van der Waals surface area (Å²) in [6, 6.07) is 10.2. The minimum Gasteiger partial charge on any atom is -0.496 e. The second-order valence-electron chi connectivity index (χ2n) is 5.61. The van der Waals surface area contributed by atoms with Gasteiger partial charge in [0.2, 0.25) is 0 Å². The van der Waals surface area contributed by atoms with Crippen molar-refractivity contribution in [2.45, 2.75) is 12.2 Å². The Labute approximate surface area is 147 Å². The number of rotatable bonds is 8. The Morgan fingerprint density at radius 1 is 1.25 bits per heavy atom. The van der Waals surface area contributed by atoms with E-state index in [4.69, 9.17) is 4.74 Å². The molecular formula is C19H23N3OS. The van der Waals surface area contributed by atoms with Crippen molar-refractivity contribution in [1.82, 2.24) is 15.3 Å². The quantitative estimate of drug-likeness (QED) is 0.606. The molecule has 4 nitrogen and oxygen atoms in total. The van der Waals surface area contributed by atoms with Crippen LogP contribution < -0.4 is 10.1 Å². The van der Waals surface area contributed by atoms with Crippen LogP contribution in [0.2, 0.25) is 0 Å². The number of pyridine rings is 1. The van der Waals surface area contributed by atoms with Crippen LogP contribution in [0.4, 0.5) is 0 Å². The zero-order chi connectivity index (χ0) is 16.8. The average Bonchev–Trinajstić information content (AvgIpc) is 3.01. The highest BCUT2D eigenvalue weighted by atomic mass is 32.2. The number of benzene rings is 1. The Hall–Kier alpha value is -1.98. The molecule has 0 aliphatic carbocycles. The normalized spacial score (nSPS) is 11.1. The van der Waals surface area contributed by atoms with Crippen molar-refractivity contribution in [3.8, 4) is 17.0 Å². The van der Waals surface area contributed by atoms with Crippen LogP contribution in [0.15, 0.2) is 42.7 Å². The van der Waals surface area contributed by atoms with Crippen LogP contribution >= 0.6 is 11.8 Å². The molecule has 0 saturated heterocycles. The molecule has 3 aromatic rings. The monoisotopic (exact) mass is 341 g/mol. The summed E-state index contributed by atoms with van der Waals surface area (Å²) in [6.45, 7) is 1.06. The predicted molar refractivity (Wildman–Crippen MR) is 103 cm³/mol. The Bertz CT molecular complexity index is 786. The number of aromatic amines is 1. The number of hydrogen-bond acceptors (Lipinski definition) is 4. The molecule has 0 bridgehead atoms. The standard InChI is InChI=1S/C19H23N3OS/c1-20-9-5-11-24-13-15-18-16(7-3-8-17(18)23-2)22-19(15)14-6-4-10-21-12-14/h3-4,6-8,10,12,20,22H,5,9,11,13H2,1-2H3. The number of thioether (sulfide) groups is 1. The number of nitrogens with one attached hydrogen (secondary N) is 2. The van der Waals surface area contributed by atoms with Crippen LogP contribution in [0.25, 0.3) is 22.2 Å². The van der Waals surface area contributed by atoms with Crippen molar-refractivity contribution in [2.24, 2.45) is 0 Å². The minimum absolute atomic E-state index is 0.921. The largest absolute Gasteiger partial charge is 0.496 e. The molecule has 2 aromatic heterocycles. The first-order chi connectivity index (χ1) is 11.8. The first-order valence-electron chi connectivity index (χ1n) is 8.15. The van der Waals surface area contributed by atoms with Crippen LogP contribution in [0.3, 0.4) is 0 Å². The van der Waals surface area contributed by atoms with Crippen molar-refractivity contribution in [3.05, 3.63) is 48.3 Å². The SMILES string of the molecule is CNCCCSCc1c(-c2cccnc2)[nH]c2cccc(OC)c12. The molecule has 0 spiro atoms. The Morgan fingerprint density at radius 2 is 2.17 bits per heavy atom. The summed E-state index contributed by atoms with van der Waals surface area (Å²) in [6.07, 6.45) is 4.88. The molecule has 1 aromatic carbocycles. The number of aromatic nitrogens is 2. The Morgan fingerprint density at radius 3 is 2.92 bits per heavy atom. The molecule has 0 atom stereocenters. The van der Waals surface area contributed by atoms with E-state index in [2.05, 4.69) is 27.4 Å². The van der Waals surface area contributed by atoms with Gasteiger partial charge < -0.3 is 15.0 Å². The third kappa shape index (κ3) is 3.57. The van der Waals surface area contributed by atoms with Gasteiger partial charge in [0.25, 0.3) is 0 Å². The number of hydrogen-bond donors (Lipinski definition) is 2. The lowest BCUT2D eigenvalue weighted by atomic mass is 10.1. The highest BCUT2D eigenvalue weighted by molar-refractivity contribution is 7.98. The van der Waals surface area contributed by atoms with Gasteiger partial charge in [-0.15, -0.1) is 0 Å². The third-order valence-electron chi connectivity index (χ3n) is 4.02. The van der Waals surface area contributed by atoms with Gasteiger partial charge in [-0.25, -0.2) is 0 Å². The maximum atomic E-state index is 5.61.